The van der Waals surface area contributed by atoms with Gasteiger partial charge in [-0.25, -0.2) is 14.1 Å². The van der Waals surface area contributed by atoms with Crippen molar-refractivity contribution in [2.45, 2.75) is 6.92 Å². The quantitative estimate of drug-likeness (QED) is 0.426. The first-order valence-electron chi connectivity index (χ1n) is 8.98. The average molecular weight is 441 g/mol. The molecule has 1 heterocycles. The molecule has 0 aliphatic rings. The van der Waals surface area contributed by atoms with Crippen molar-refractivity contribution >= 4 is 34.8 Å². The van der Waals surface area contributed by atoms with E-state index in [4.69, 9.17) is 23.2 Å². The Hall–Kier alpha value is -3.22. The van der Waals surface area contributed by atoms with Crippen LogP contribution in [0.4, 0.5) is 10.1 Å². The van der Waals surface area contributed by atoms with Gasteiger partial charge >= 0.3 is 0 Å². The van der Waals surface area contributed by atoms with Crippen molar-refractivity contribution in [3.63, 3.8) is 0 Å². The Balaban J connectivity index is 1.78. The number of nitrogens with one attached hydrogen (secondary N) is 1. The third-order valence-electron chi connectivity index (χ3n) is 4.42. The normalized spacial score (nSPS) is 10.8. The molecule has 0 fully saturated rings. The highest BCUT2D eigenvalue weighted by Gasteiger charge is 2.20. The number of nitrogens with zero attached hydrogens (tertiary/aromatic N) is 3. The van der Waals surface area contributed by atoms with E-state index >= 15 is 0 Å². The van der Waals surface area contributed by atoms with Crippen molar-refractivity contribution in [1.82, 2.24) is 14.8 Å². The number of amides is 1. The fraction of sp³-hybridized carbons (Fsp3) is 0.0455. The zero-order chi connectivity index (χ0) is 21.3. The number of aryl methyl sites for hydroxylation is 1. The van der Waals surface area contributed by atoms with Crippen molar-refractivity contribution in [3.05, 3.63) is 94.0 Å². The molecule has 0 radical (unpaired) electrons. The first kappa shape index (κ1) is 20.1. The second-order valence-electron chi connectivity index (χ2n) is 6.54. The number of para-hydroxylation sites is 1. The molecular weight excluding hydrogens is 426 g/mol. The maximum Gasteiger partial charge on any atom is 0.295 e. The molecule has 30 heavy (non-hydrogen) atoms. The summed E-state index contributed by atoms with van der Waals surface area (Å²) in [5, 5.41) is 8.05. The third kappa shape index (κ3) is 4.06. The lowest BCUT2D eigenvalue weighted by atomic mass is 10.2. The van der Waals surface area contributed by atoms with Crippen LogP contribution < -0.4 is 5.32 Å². The topological polar surface area (TPSA) is 59.8 Å². The molecule has 1 N–H and O–H groups in total. The molecule has 1 aromatic heterocycles. The van der Waals surface area contributed by atoms with E-state index in [1.165, 1.54) is 16.8 Å². The van der Waals surface area contributed by atoms with Gasteiger partial charge in [-0.2, -0.15) is 0 Å². The molecule has 3 aromatic carbocycles. The zero-order valence-electron chi connectivity index (χ0n) is 15.7. The Morgan fingerprint density at radius 2 is 1.77 bits per heavy atom. The highest BCUT2D eigenvalue weighted by molar-refractivity contribution is 6.34. The Labute approximate surface area is 182 Å². The van der Waals surface area contributed by atoms with Crippen LogP contribution in [0.1, 0.15) is 16.2 Å². The average Bonchev–Trinajstić information content (AvgIpc) is 3.17. The van der Waals surface area contributed by atoms with Gasteiger partial charge in [-0.15, -0.1) is 5.10 Å². The molecule has 0 spiro atoms. The van der Waals surface area contributed by atoms with Crippen molar-refractivity contribution in [1.29, 1.82) is 0 Å². The van der Waals surface area contributed by atoms with Crippen LogP contribution in [0.3, 0.4) is 0 Å². The Morgan fingerprint density at radius 3 is 2.47 bits per heavy atom. The van der Waals surface area contributed by atoms with Crippen LogP contribution in [0.5, 0.6) is 0 Å². The van der Waals surface area contributed by atoms with E-state index in [0.717, 1.165) is 5.56 Å². The molecule has 0 unspecified atom stereocenters. The van der Waals surface area contributed by atoms with E-state index in [2.05, 4.69) is 15.4 Å². The number of anilines is 1. The fourth-order valence-corrected chi connectivity index (χ4v) is 3.40. The minimum absolute atomic E-state index is 0.0615. The van der Waals surface area contributed by atoms with Crippen molar-refractivity contribution in [2.24, 2.45) is 0 Å². The summed E-state index contributed by atoms with van der Waals surface area (Å²) in [4.78, 5) is 17.3. The van der Waals surface area contributed by atoms with E-state index in [-0.39, 0.29) is 11.6 Å². The molecule has 0 bridgehead atoms. The number of carbonyl (C=O) groups is 1. The Bertz CT molecular complexity index is 1220. The highest BCUT2D eigenvalue weighted by Crippen LogP contribution is 2.27. The Morgan fingerprint density at radius 1 is 1.03 bits per heavy atom. The van der Waals surface area contributed by atoms with Gasteiger partial charge in [0, 0.05) is 10.6 Å². The SMILES string of the molecule is Cc1cccc(Cl)c1NC(=O)c1nc(-c2cccc(Cl)c2)n(-c2ccc(F)cc2)n1. The molecule has 0 atom stereocenters. The summed E-state index contributed by atoms with van der Waals surface area (Å²) in [5.74, 6) is -0.565. The Kier molecular flexibility index (Phi) is 5.53. The number of aromatic nitrogens is 3. The molecule has 150 valence electrons. The second kappa shape index (κ2) is 8.26. The monoisotopic (exact) mass is 440 g/mol. The van der Waals surface area contributed by atoms with Gasteiger partial charge in [0.2, 0.25) is 5.82 Å². The van der Waals surface area contributed by atoms with Gasteiger partial charge in [0.1, 0.15) is 5.82 Å². The predicted molar refractivity (Wildman–Crippen MR) is 116 cm³/mol. The van der Waals surface area contributed by atoms with Gasteiger partial charge < -0.3 is 5.32 Å². The van der Waals surface area contributed by atoms with Crippen molar-refractivity contribution < 1.29 is 9.18 Å². The maximum atomic E-state index is 13.4. The van der Waals surface area contributed by atoms with Gasteiger partial charge in [0.15, 0.2) is 5.82 Å². The molecule has 8 heteroatoms. The summed E-state index contributed by atoms with van der Waals surface area (Å²) >= 11 is 12.3. The standard InChI is InChI=1S/C22H15Cl2FN4O/c1-13-4-2-7-18(24)19(13)26-22(30)20-27-21(14-5-3-6-15(23)12-14)29(28-20)17-10-8-16(25)9-11-17/h2-12H,1H3,(H,26,30). The maximum absolute atomic E-state index is 13.4. The number of hydrogen-bond donors (Lipinski definition) is 1. The predicted octanol–water partition coefficient (Wildman–Crippen LogP) is 5.94. The number of rotatable bonds is 4. The van der Waals surface area contributed by atoms with Crippen LogP contribution in [0.15, 0.2) is 66.7 Å². The first-order chi connectivity index (χ1) is 14.4. The molecule has 0 saturated heterocycles. The molecule has 4 rings (SSSR count). The molecular formula is C22H15Cl2FN4O. The third-order valence-corrected chi connectivity index (χ3v) is 4.97. The molecule has 1 amide bonds. The molecule has 0 aliphatic heterocycles. The minimum atomic E-state index is -0.518. The number of benzene rings is 3. The van der Waals surface area contributed by atoms with Crippen molar-refractivity contribution in [3.8, 4) is 17.1 Å². The largest absolute Gasteiger partial charge is 0.318 e. The molecule has 0 aliphatic carbocycles. The molecule has 0 saturated carbocycles. The van der Waals surface area contributed by atoms with Crippen LogP contribution in [0.25, 0.3) is 17.1 Å². The number of hydrogen-bond acceptors (Lipinski definition) is 3. The van der Waals surface area contributed by atoms with Gasteiger partial charge in [0.25, 0.3) is 5.91 Å². The van der Waals surface area contributed by atoms with E-state index < -0.39 is 5.91 Å². The summed E-state index contributed by atoms with van der Waals surface area (Å²) in [6, 6.07) is 18.1. The summed E-state index contributed by atoms with van der Waals surface area (Å²) in [6.07, 6.45) is 0. The van der Waals surface area contributed by atoms with Crippen LogP contribution in [-0.4, -0.2) is 20.7 Å². The first-order valence-corrected chi connectivity index (χ1v) is 9.73. The highest BCUT2D eigenvalue weighted by atomic mass is 35.5. The summed E-state index contributed by atoms with van der Waals surface area (Å²) in [5.41, 5.74) is 2.51. The summed E-state index contributed by atoms with van der Waals surface area (Å²) < 4.78 is 14.9. The van der Waals surface area contributed by atoms with Crippen molar-refractivity contribution in [2.75, 3.05) is 5.32 Å². The van der Waals surface area contributed by atoms with Gasteiger partial charge in [0.05, 0.1) is 16.4 Å². The smallest absolute Gasteiger partial charge is 0.295 e. The lowest BCUT2D eigenvalue weighted by Crippen LogP contribution is -2.15. The zero-order valence-corrected chi connectivity index (χ0v) is 17.2. The van der Waals surface area contributed by atoms with E-state index in [1.54, 1.807) is 48.5 Å². The van der Waals surface area contributed by atoms with E-state index in [0.29, 0.717) is 32.8 Å². The van der Waals surface area contributed by atoms with Crippen LogP contribution in [0.2, 0.25) is 10.0 Å². The molecule has 5 nitrogen and oxygen atoms in total. The number of carbonyl (C=O) groups excluding carboxylic acids is 1. The molecule has 4 aromatic rings. The van der Waals surface area contributed by atoms with Crippen LogP contribution in [0, 0.1) is 12.7 Å². The number of halogens is 3. The van der Waals surface area contributed by atoms with E-state index in [9.17, 15) is 9.18 Å². The van der Waals surface area contributed by atoms with E-state index in [1.807, 2.05) is 13.0 Å². The second-order valence-corrected chi connectivity index (χ2v) is 7.39. The summed E-state index contributed by atoms with van der Waals surface area (Å²) in [7, 11) is 0. The fourth-order valence-electron chi connectivity index (χ4n) is 2.94. The van der Waals surface area contributed by atoms with Crippen LogP contribution >= 0.6 is 23.2 Å². The van der Waals surface area contributed by atoms with Gasteiger partial charge in [-0.3, -0.25) is 4.79 Å². The minimum Gasteiger partial charge on any atom is -0.318 e. The lowest BCUT2D eigenvalue weighted by Gasteiger charge is -2.08. The van der Waals surface area contributed by atoms with Crippen LogP contribution in [-0.2, 0) is 0 Å². The summed E-state index contributed by atoms with van der Waals surface area (Å²) in [6.45, 7) is 1.84. The van der Waals surface area contributed by atoms with Gasteiger partial charge in [-0.05, 0) is 55.0 Å². The van der Waals surface area contributed by atoms with Gasteiger partial charge in [-0.1, -0.05) is 47.5 Å². The lowest BCUT2D eigenvalue weighted by molar-refractivity contribution is 0.101.